The molecule has 1 N–H and O–H groups in total. The maximum Gasteiger partial charge on any atom is 0.270 e. The number of aliphatic imine (C=N–C) groups is 1. The number of azo groups is 1. The number of rotatable bonds is 0. The molecule has 13 heavy (non-hydrogen) atoms. The Kier molecular flexibility index (Phi) is 1.38. The second-order valence-corrected chi connectivity index (χ2v) is 3.76. The van der Waals surface area contributed by atoms with Gasteiger partial charge in [0.25, 0.3) is 5.91 Å². The molecule has 0 radical (unpaired) electrons. The van der Waals surface area contributed by atoms with Gasteiger partial charge in [0, 0.05) is 31.3 Å². The quantitative estimate of drug-likeness (QED) is 0.550. The van der Waals surface area contributed by atoms with Gasteiger partial charge >= 0.3 is 0 Å². The highest BCUT2D eigenvalue weighted by atomic mass is 16.2. The van der Waals surface area contributed by atoms with Crippen LogP contribution in [0.25, 0.3) is 0 Å². The van der Waals surface area contributed by atoms with Gasteiger partial charge in [-0.15, -0.1) is 5.11 Å². The van der Waals surface area contributed by atoms with Crippen LogP contribution in [0.3, 0.4) is 0 Å². The van der Waals surface area contributed by atoms with Gasteiger partial charge in [-0.25, -0.2) is 0 Å². The summed E-state index contributed by atoms with van der Waals surface area (Å²) in [6, 6.07) is 0.396. The van der Waals surface area contributed by atoms with Gasteiger partial charge in [0.15, 0.2) is 0 Å². The molecule has 0 aliphatic carbocycles. The third-order valence-corrected chi connectivity index (χ3v) is 3.07. The number of hydrogen-bond acceptors (Lipinski definition) is 4. The molecule has 0 aromatic rings. The Morgan fingerprint density at radius 2 is 2.46 bits per heavy atom. The third kappa shape index (κ3) is 0.904. The number of fused-ring (bicyclic) bond motifs is 3. The van der Waals surface area contributed by atoms with E-state index in [1.165, 1.54) is 0 Å². The standard InChI is InChI=1S/C8H10N4O/c13-8-5-2-10-6-3-9-1-4(6)7(5)11-12-8/h3-7,10H,1-2H2. The molecule has 0 aromatic heterocycles. The highest BCUT2D eigenvalue weighted by Crippen LogP contribution is 2.32. The summed E-state index contributed by atoms with van der Waals surface area (Å²) >= 11 is 0. The van der Waals surface area contributed by atoms with Crippen LogP contribution in [0.2, 0.25) is 0 Å². The summed E-state index contributed by atoms with van der Waals surface area (Å²) in [5, 5.41) is 11.0. The molecule has 3 aliphatic rings. The lowest BCUT2D eigenvalue weighted by Gasteiger charge is -2.32. The molecule has 68 valence electrons. The zero-order valence-corrected chi connectivity index (χ0v) is 7.05. The van der Waals surface area contributed by atoms with Crippen LogP contribution in [0.5, 0.6) is 0 Å². The summed E-state index contributed by atoms with van der Waals surface area (Å²) in [6.45, 7) is 1.48. The van der Waals surface area contributed by atoms with Crippen molar-refractivity contribution in [2.75, 3.05) is 13.1 Å². The zero-order chi connectivity index (χ0) is 8.84. The first-order valence-electron chi connectivity index (χ1n) is 4.54. The van der Waals surface area contributed by atoms with Gasteiger partial charge in [-0.1, -0.05) is 0 Å². The number of nitrogens with one attached hydrogen (secondary N) is 1. The van der Waals surface area contributed by atoms with Gasteiger partial charge in [-0.2, -0.15) is 5.11 Å². The highest BCUT2D eigenvalue weighted by Gasteiger charge is 2.46. The second kappa shape index (κ2) is 2.45. The van der Waals surface area contributed by atoms with E-state index in [-0.39, 0.29) is 17.9 Å². The van der Waals surface area contributed by atoms with Crippen molar-refractivity contribution in [1.82, 2.24) is 5.32 Å². The molecule has 0 aromatic carbocycles. The van der Waals surface area contributed by atoms with E-state index in [9.17, 15) is 4.79 Å². The molecule has 1 fully saturated rings. The predicted octanol–water partition coefficient (Wildman–Crippen LogP) is -0.364. The van der Waals surface area contributed by atoms with Gasteiger partial charge < -0.3 is 5.32 Å². The van der Waals surface area contributed by atoms with E-state index in [2.05, 4.69) is 20.5 Å². The number of nitrogens with zero attached hydrogens (tertiary/aromatic N) is 3. The van der Waals surface area contributed by atoms with Crippen molar-refractivity contribution in [1.29, 1.82) is 0 Å². The molecule has 1 amide bonds. The molecule has 4 unspecified atom stereocenters. The highest BCUT2D eigenvalue weighted by molar-refractivity contribution is 5.82. The fraction of sp³-hybridized carbons (Fsp3) is 0.750. The number of amides is 1. The van der Waals surface area contributed by atoms with Crippen molar-refractivity contribution >= 4 is 12.1 Å². The Hall–Kier alpha value is -1.10. The van der Waals surface area contributed by atoms with Gasteiger partial charge in [0.2, 0.25) is 0 Å². The molecular formula is C8H10N4O. The van der Waals surface area contributed by atoms with Gasteiger partial charge in [0.1, 0.15) is 0 Å². The minimum Gasteiger partial charge on any atom is -0.308 e. The molecular weight excluding hydrogens is 168 g/mol. The van der Waals surface area contributed by atoms with Crippen molar-refractivity contribution in [2.45, 2.75) is 12.1 Å². The van der Waals surface area contributed by atoms with Crippen molar-refractivity contribution < 1.29 is 4.79 Å². The summed E-state index contributed by atoms with van der Waals surface area (Å²) in [5.74, 6) is 0.264. The number of hydrogen-bond donors (Lipinski definition) is 1. The van der Waals surface area contributed by atoms with Crippen LogP contribution < -0.4 is 5.32 Å². The summed E-state index contributed by atoms with van der Waals surface area (Å²) < 4.78 is 0. The van der Waals surface area contributed by atoms with Crippen LogP contribution in [0, 0.1) is 11.8 Å². The van der Waals surface area contributed by atoms with E-state index >= 15 is 0 Å². The normalized spacial score (nSPS) is 46.6. The van der Waals surface area contributed by atoms with Gasteiger partial charge in [-0.3, -0.25) is 9.79 Å². The molecule has 4 atom stereocenters. The lowest BCUT2D eigenvalue weighted by atomic mass is 9.82. The monoisotopic (exact) mass is 178 g/mol. The summed E-state index contributed by atoms with van der Waals surface area (Å²) in [4.78, 5) is 15.5. The van der Waals surface area contributed by atoms with Crippen LogP contribution in [0.15, 0.2) is 15.2 Å². The van der Waals surface area contributed by atoms with Crippen molar-refractivity contribution in [3.05, 3.63) is 0 Å². The van der Waals surface area contributed by atoms with Crippen LogP contribution in [-0.4, -0.2) is 37.3 Å². The predicted molar refractivity (Wildman–Crippen MR) is 45.8 cm³/mol. The molecule has 5 heteroatoms. The summed E-state index contributed by atoms with van der Waals surface area (Å²) in [5.41, 5.74) is 0. The van der Waals surface area contributed by atoms with Crippen LogP contribution >= 0.6 is 0 Å². The minimum atomic E-state index is -0.0668. The second-order valence-electron chi connectivity index (χ2n) is 3.76. The van der Waals surface area contributed by atoms with Crippen molar-refractivity contribution in [3.63, 3.8) is 0 Å². The average molecular weight is 178 g/mol. The molecule has 5 nitrogen and oxygen atoms in total. The van der Waals surface area contributed by atoms with Crippen molar-refractivity contribution in [2.24, 2.45) is 27.1 Å². The maximum absolute atomic E-state index is 11.3. The molecule has 0 saturated carbocycles. The number of carbonyl (C=O) groups excluding carboxylic acids is 1. The Morgan fingerprint density at radius 3 is 3.38 bits per heavy atom. The molecule has 1 saturated heterocycles. The Bertz CT molecular complexity index is 311. The molecule has 0 spiro atoms. The first kappa shape index (κ1) is 7.32. The third-order valence-electron chi connectivity index (χ3n) is 3.07. The largest absolute Gasteiger partial charge is 0.308 e. The average Bonchev–Trinajstić information content (AvgIpc) is 2.70. The first-order chi connectivity index (χ1) is 6.36. The Morgan fingerprint density at radius 1 is 1.54 bits per heavy atom. The molecule has 0 bridgehead atoms. The van der Waals surface area contributed by atoms with Gasteiger partial charge in [0.05, 0.1) is 12.0 Å². The Labute approximate surface area is 75.3 Å². The minimum absolute atomic E-state index is 0.0250. The lowest BCUT2D eigenvalue weighted by molar-refractivity contribution is -0.121. The van der Waals surface area contributed by atoms with E-state index in [0.29, 0.717) is 18.5 Å². The van der Waals surface area contributed by atoms with Crippen LogP contribution in [0.1, 0.15) is 0 Å². The van der Waals surface area contributed by atoms with E-state index in [1.807, 2.05) is 6.21 Å². The number of piperidine rings is 1. The van der Waals surface area contributed by atoms with Gasteiger partial charge in [-0.05, 0) is 0 Å². The number of carbonyl (C=O) groups is 1. The summed E-state index contributed by atoms with van der Waals surface area (Å²) in [7, 11) is 0. The fourth-order valence-electron chi connectivity index (χ4n) is 2.32. The Balaban J connectivity index is 1.90. The lowest BCUT2D eigenvalue weighted by Crippen LogP contribution is -2.53. The smallest absolute Gasteiger partial charge is 0.270 e. The fourth-order valence-corrected chi connectivity index (χ4v) is 2.32. The zero-order valence-electron chi connectivity index (χ0n) is 7.05. The SMILES string of the molecule is O=C1N=NC2C1CNC1C=NCC12. The van der Waals surface area contributed by atoms with E-state index in [0.717, 1.165) is 6.54 Å². The van der Waals surface area contributed by atoms with E-state index in [1.54, 1.807) is 0 Å². The molecule has 3 rings (SSSR count). The van der Waals surface area contributed by atoms with E-state index < -0.39 is 0 Å². The van der Waals surface area contributed by atoms with Crippen LogP contribution in [0.4, 0.5) is 0 Å². The molecule has 3 aliphatic heterocycles. The van der Waals surface area contributed by atoms with Crippen molar-refractivity contribution in [3.8, 4) is 0 Å². The topological polar surface area (TPSA) is 66.2 Å². The summed E-state index contributed by atoms with van der Waals surface area (Å²) in [6.07, 6.45) is 1.93. The maximum atomic E-state index is 11.3. The van der Waals surface area contributed by atoms with E-state index in [4.69, 9.17) is 0 Å². The molecule has 3 heterocycles. The van der Waals surface area contributed by atoms with Crippen LogP contribution in [-0.2, 0) is 4.79 Å². The first-order valence-corrected chi connectivity index (χ1v) is 4.54.